The van der Waals surface area contributed by atoms with Gasteiger partial charge in [-0.15, -0.1) is 0 Å². The second-order valence-corrected chi connectivity index (χ2v) is 8.43. The molecule has 0 aliphatic carbocycles. The molecule has 174 valence electrons. The molecule has 1 heterocycles. The monoisotopic (exact) mass is 439 g/mol. The lowest BCUT2D eigenvalue weighted by Gasteiger charge is -2.08. The van der Waals surface area contributed by atoms with Crippen LogP contribution in [-0.2, 0) is 11.2 Å². The summed E-state index contributed by atoms with van der Waals surface area (Å²) in [6, 6.07) is 10.4. The highest BCUT2D eigenvalue weighted by Crippen LogP contribution is 2.25. The van der Waals surface area contributed by atoms with Crippen molar-refractivity contribution in [2.45, 2.75) is 90.4 Å². The van der Waals surface area contributed by atoms with Gasteiger partial charge in [0.15, 0.2) is 0 Å². The number of carbonyl (C=O) groups is 1. The number of hydrogen-bond acceptors (Lipinski definition) is 4. The second kappa shape index (κ2) is 15.1. The van der Waals surface area contributed by atoms with Crippen LogP contribution in [0, 0.1) is 10.1 Å². The quantitative estimate of drug-likeness (QED) is 0.170. The first-order chi connectivity index (χ1) is 15.6. The third-order valence-electron chi connectivity index (χ3n) is 5.67. The summed E-state index contributed by atoms with van der Waals surface area (Å²) >= 11 is 0. The van der Waals surface area contributed by atoms with Crippen LogP contribution in [0.25, 0.3) is 0 Å². The highest BCUT2D eigenvalue weighted by Gasteiger charge is 2.16. The molecular weight excluding hydrogens is 402 g/mol. The summed E-state index contributed by atoms with van der Waals surface area (Å²) in [5.41, 5.74) is 1.82. The summed E-state index contributed by atoms with van der Waals surface area (Å²) in [7, 11) is 0. The molecule has 0 spiro atoms. The van der Waals surface area contributed by atoms with Crippen molar-refractivity contribution in [3.63, 3.8) is 0 Å². The molecule has 0 saturated carbocycles. The van der Waals surface area contributed by atoms with E-state index in [0.29, 0.717) is 24.1 Å². The maximum Gasteiger partial charge on any atom is 0.275 e. The fourth-order valence-electron chi connectivity index (χ4n) is 3.83. The molecular formula is C26H37N3O3. The molecule has 1 N–H and O–H groups in total. The Bertz CT molecular complexity index is 824. The van der Waals surface area contributed by atoms with Gasteiger partial charge in [-0.25, -0.2) is 0 Å². The fourth-order valence-corrected chi connectivity index (χ4v) is 3.83. The van der Waals surface area contributed by atoms with Gasteiger partial charge in [-0.1, -0.05) is 77.2 Å². The van der Waals surface area contributed by atoms with Gasteiger partial charge in [0.25, 0.3) is 5.69 Å². The molecule has 6 heteroatoms. The SMILES string of the molecule is CCCCCCCCCCCCCC(=O)Nc1ccc(Cc2ccccn2)c([N+](=O)[O-])c1. The van der Waals surface area contributed by atoms with Gasteiger partial charge in [0.05, 0.1) is 4.92 Å². The number of pyridine rings is 1. The highest BCUT2D eigenvalue weighted by atomic mass is 16.6. The molecule has 0 saturated heterocycles. The minimum absolute atomic E-state index is 0.00291. The normalized spacial score (nSPS) is 10.8. The highest BCUT2D eigenvalue weighted by molar-refractivity contribution is 5.91. The Morgan fingerprint density at radius 3 is 2.19 bits per heavy atom. The number of nitrogens with zero attached hydrogens (tertiary/aromatic N) is 2. The maximum absolute atomic E-state index is 12.2. The molecule has 0 aliphatic heterocycles. The summed E-state index contributed by atoms with van der Waals surface area (Å²) in [6.45, 7) is 2.24. The number of unbranched alkanes of at least 4 members (excludes halogenated alkanes) is 10. The zero-order valence-electron chi connectivity index (χ0n) is 19.4. The van der Waals surface area contributed by atoms with Crippen molar-refractivity contribution in [1.29, 1.82) is 0 Å². The van der Waals surface area contributed by atoms with Crippen LogP contribution >= 0.6 is 0 Å². The molecule has 2 aromatic rings. The Hall–Kier alpha value is -2.76. The van der Waals surface area contributed by atoms with Crippen molar-refractivity contribution in [1.82, 2.24) is 4.98 Å². The van der Waals surface area contributed by atoms with Crippen LogP contribution in [0.4, 0.5) is 11.4 Å². The standard InChI is InChI=1S/C26H37N3O3/c1-2-3-4-5-6-7-8-9-10-11-12-16-26(30)28-24-18-17-22(25(21-24)29(31)32)20-23-15-13-14-19-27-23/h13-15,17-19,21H,2-12,16,20H2,1H3,(H,28,30). The fraction of sp³-hybridized carbons (Fsp3) is 0.538. The first-order valence-corrected chi connectivity index (χ1v) is 12.1. The van der Waals surface area contributed by atoms with Crippen molar-refractivity contribution in [3.8, 4) is 0 Å². The van der Waals surface area contributed by atoms with E-state index in [9.17, 15) is 14.9 Å². The van der Waals surface area contributed by atoms with E-state index in [2.05, 4.69) is 17.2 Å². The minimum atomic E-state index is -0.405. The molecule has 1 aromatic carbocycles. The van der Waals surface area contributed by atoms with Gasteiger partial charge in [-0.3, -0.25) is 19.9 Å². The number of anilines is 1. The molecule has 0 bridgehead atoms. The van der Waals surface area contributed by atoms with Crippen LogP contribution in [0.15, 0.2) is 42.6 Å². The van der Waals surface area contributed by atoms with Crippen LogP contribution in [0.2, 0.25) is 0 Å². The summed E-state index contributed by atoms with van der Waals surface area (Å²) in [4.78, 5) is 27.6. The zero-order chi connectivity index (χ0) is 23.0. The number of aromatic nitrogens is 1. The van der Waals surface area contributed by atoms with Gasteiger partial charge >= 0.3 is 0 Å². The number of benzene rings is 1. The number of carbonyl (C=O) groups excluding carboxylic acids is 1. The average Bonchev–Trinajstić information content (AvgIpc) is 2.79. The Labute approximate surface area is 192 Å². The van der Waals surface area contributed by atoms with Crippen LogP contribution < -0.4 is 5.32 Å². The molecule has 2 rings (SSSR count). The first-order valence-electron chi connectivity index (χ1n) is 12.1. The summed E-state index contributed by atoms with van der Waals surface area (Å²) < 4.78 is 0. The first kappa shape index (κ1) is 25.5. The third-order valence-corrected chi connectivity index (χ3v) is 5.67. The zero-order valence-corrected chi connectivity index (χ0v) is 19.4. The lowest BCUT2D eigenvalue weighted by Crippen LogP contribution is -2.11. The van der Waals surface area contributed by atoms with Gasteiger partial charge < -0.3 is 5.32 Å². The van der Waals surface area contributed by atoms with Crippen molar-refractivity contribution in [3.05, 3.63) is 64.0 Å². The Morgan fingerprint density at radius 2 is 1.59 bits per heavy atom. The van der Waals surface area contributed by atoms with E-state index < -0.39 is 4.92 Å². The molecule has 0 aliphatic rings. The Kier molecular flexibility index (Phi) is 12.0. The number of amides is 1. The van der Waals surface area contributed by atoms with Crippen LogP contribution in [0.1, 0.15) is 95.2 Å². The van der Waals surface area contributed by atoms with Gasteiger partial charge in [-0.05, 0) is 30.7 Å². The van der Waals surface area contributed by atoms with Crippen molar-refractivity contribution < 1.29 is 9.72 Å². The van der Waals surface area contributed by atoms with Crippen LogP contribution in [0.3, 0.4) is 0 Å². The van der Waals surface area contributed by atoms with E-state index >= 15 is 0 Å². The topological polar surface area (TPSA) is 85.1 Å². The molecule has 0 fully saturated rings. The molecule has 0 unspecified atom stereocenters. The lowest BCUT2D eigenvalue weighted by molar-refractivity contribution is -0.385. The summed E-state index contributed by atoms with van der Waals surface area (Å²) in [5.74, 6) is -0.0901. The van der Waals surface area contributed by atoms with E-state index in [0.717, 1.165) is 25.0 Å². The predicted molar refractivity (Wildman–Crippen MR) is 130 cm³/mol. The van der Waals surface area contributed by atoms with Gasteiger partial charge in [0, 0.05) is 42.0 Å². The van der Waals surface area contributed by atoms with Crippen molar-refractivity contribution in [2.75, 3.05) is 5.32 Å². The number of nitrogens with one attached hydrogen (secondary N) is 1. The average molecular weight is 440 g/mol. The summed E-state index contributed by atoms with van der Waals surface area (Å²) in [6.07, 6.45) is 16.1. The van der Waals surface area contributed by atoms with Gasteiger partial charge in [0.1, 0.15) is 0 Å². The third kappa shape index (κ3) is 10.0. The van der Waals surface area contributed by atoms with E-state index in [-0.39, 0.29) is 11.6 Å². The van der Waals surface area contributed by atoms with E-state index in [1.165, 1.54) is 57.4 Å². The number of nitro groups is 1. The minimum Gasteiger partial charge on any atom is -0.326 e. The second-order valence-electron chi connectivity index (χ2n) is 8.43. The van der Waals surface area contributed by atoms with Crippen LogP contribution in [0.5, 0.6) is 0 Å². The van der Waals surface area contributed by atoms with Crippen molar-refractivity contribution >= 4 is 17.3 Å². The van der Waals surface area contributed by atoms with E-state index in [1.54, 1.807) is 18.3 Å². The molecule has 1 amide bonds. The smallest absolute Gasteiger partial charge is 0.275 e. The van der Waals surface area contributed by atoms with Crippen LogP contribution in [-0.4, -0.2) is 15.8 Å². The number of rotatable bonds is 16. The number of nitro benzene ring substituents is 1. The van der Waals surface area contributed by atoms with E-state index in [1.807, 2.05) is 18.2 Å². The Balaban J connectivity index is 1.68. The largest absolute Gasteiger partial charge is 0.326 e. The van der Waals surface area contributed by atoms with Gasteiger partial charge in [0.2, 0.25) is 5.91 Å². The molecule has 6 nitrogen and oxygen atoms in total. The lowest BCUT2D eigenvalue weighted by atomic mass is 10.0. The summed E-state index contributed by atoms with van der Waals surface area (Å²) in [5, 5.41) is 14.3. The predicted octanol–water partition coefficient (Wildman–Crippen LogP) is 7.22. The van der Waals surface area contributed by atoms with Crippen molar-refractivity contribution in [2.24, 2.45) is 0 Å². The molecule has 1 aromatic heterocycles. The Morgan fingerprint density at radius 1 is 0.938 bits per heavy atom. The molecule has 0 radical (unpaired) electrons. The maximum atomic E-state index is 12.2. The van der Waals surface area contributed by atoms with Gasteiger partial charge in [-0.2, -0.15) is 0 Å². The molecule has 0 atom stereocenters. The molecule has 32 heavy (non-hydrogen) atoms. The van der Waals surface area contributed by atoms with E-state index in [4.69, 9.17) is 0 Å². The number of hydrogen-bond donors (Lipinski definition) is 1.